The molecule has 0 aliphatic carbocycles. The van der Waals surface area contributed by atoms with Gasteiger partial charge in [0.1, 0.15) is 12.4 Å². The van der Waals surface area contributed by atoms with Gasteiger partial charge in [-0.2, -0.15) is 0 Å². The van der Waals surface area contributed by atoms with Crippen LogP contribution < -0.4 is 15.4 Å². The minimum Gasteiger partial charge on any atom is -0.490 e. The topological polar surface area (TPSA) is 93.7 Å². The molecular formula is C16H24Cl2N2O5S. The van der Waals surface area contributed by atoms with Gasteiger partial charge in [-0.3, -0.25) is 4.79 Å². The smallest absolute Gasteiger partial charge is 0.245 e. The van der Waals surface area contributed by atoms with E-state index >= 15 is 0 Å². The van der Waals surface area contributed by atoms with Crippen molar-refractivity contribution >= 4 is 45.4 Å². The third-order valence-electron chi connectivity index (χ3n) is 4.27. The van der Waals surface area contributed by atoms with Crippen molar-refractivity contribution in [2.24, 2.45) is 0 Å². The Morgan fingerprint density at radius 1 is 1.31 bits per heavy atom. The molecule has 0 spiro atoms. The largest absolute Gasteiger partial charge is 0.490 e. The Morgan fingerprint density at radius 3 is 2.50 bits per heavy atom. The molecule has 0 radical (unpaired) electrons. The number of ether oxygens (including phenoxy) is 2. The zero-order valence-corrected chi connectivity index (χ0v) is 17.1. The lowest BCUT2D eigenvalue weighted by atomic mass is 9.95. The van der Waals surface area contributed by atoms with Crippen LogP contribution in [0.3, 0.4) is 0 Å². The summed E-state index contributed by atoms with van der Waals surface area (Å²) in [5.41, 5.74) is 0.427. The fourth-order valence-electron chi connectivity index (χ4n) is 2.77. The summed E-state index contributed by atoms with van der Waals surface area (Å²) in [7, 11) is -1.99. The number of carbonyl (C=O) groups is 1. The fraction of sp³-hybridized carbons (Fsp3) is 0.562. The molecule has 1 aliphatic rings. The number of anilines is 1. The number of sulfone groups is 1. The van der Waals surface area contributed by atoms with Crippen LogP contribution in [0.1, 0.15) is 12.8 Å². The number of carbonyl (C=O) groups excluding carboxylic acids is 1. The second-order valence-corrected chi connectivity index (χ2v) is 8.69. The normalized spacial score (nSPS) is 16.4. The van der Waals surface area contributed by atoms with E-state index in [1.54, 1.807) is 25.3 Å². The maximum atomic E-state index is 12.7. The first-order valence-corrected chi connectivity index (χ1v) is 10.2. The number of hydrogen-bond acceptors (Lipinski definition) is 6. The second-order valence-electron chi connectivity index (χ2n) is 5.96. The number of methoxy groups -OCH3 is 1. The van der Waals surface area contributed by atoms with Gasteiger partial charge < -0.3 is 20.1 Å². The number of halogens is 2. The summed E-state index contributed by atoms with van der Waals surface area (Å²) in [5, 5.41) is 6.09. The predicted molar refractivity (Wildman–Crippen MR) is 104 cm³/mol. The monoisotopic (exact) mass is 426 g/mol. The molecule has 148 valence electrons. The van der Waals surface area contributed by atoms with E-state index in [-0.39, 0.29) is 25.2 Å². The molecule has 1 amide bonds. The minimum absolute atomic E-state index is 0. The number of piperidine rings is 1. The van der Waals surface area contributed by atoms with Gasteiger partial charge in [0.2, 0.25) is 5.91 Å². The molecule has 26 heavy (non-hydrogen) atoms. The van der Waals surface area contributed by atoms with Crippen molar-refractivity contribution in [1.82, 2.24) is 5.32 Å². The lowest BCUT2D eigenvalue weighted by Crippen LogP contribution is -2.55. The molecule has 0 bridgehead atoms. The van der Waals surface area contributed by atoms with Crippen LogP contribution in [0, 0.1) is 0 Å². The van der Waals surface area contributed by atoms with E-state index in [9.17, 15) is 13.2 Å². The standard InChI is InChI=1S/C16H23ClN2O5S.ClH/c1-23-9-10-24-14-4-3-12(11-13(14)17)19-15(20)16(25(2,21)22)5-7-18-8-6-16;/h3-4,11,18H,5-10H2,1-2H3,(H,19,20);1H. The van der Waals surface area contributed by atoms with Gasteiger partial charge in [0.05, 0.1) is 11.6 Å². The molecule has 0 atom stereocenters. The molecule has 2 rings (SSSR count). The van der Waals surface area contributed by atoms with Crippen LogP contribution in [0.5, 0.6) is 5.75 Å². The number of hydrogen-bond donors (Lipinski definition) is 2. The molecule has 7 nitrogen and oxygen atoms in total. The van der Waals surface area contributed by atoms with Gasteiger partial charge in [0, 0.05) is 19.1 Å². The zero-order chi connectivity index (χ0) is 18.5. The van der Waals surface area contributed by atoms with Gasteiger partial charge in [-0.05, 0) is 44.1 Å². The van der Waals surface area contributed by atoms with Gasteiger partial charge in [-0.1, -0.05) is 11.6 Å². The van der Waals surface area contributed by atoms with Crippen molar-refractivity contribution in [3.63, 3.8) is 0 Å². The highest BCUT2D eigenvalue weighted by Crippen LogP contribution is 2.31. The SMILES string of the molecule is COCCOc1ccc(NC(=O)C2(S(C)(=O)=O)CCNCC2)cc1Cl.Cl. The molecule has 0 saturated carbocycles. The van der Waals surface area contributed by atoms with Crippen LogP contribution in [-0.2, 0) is 19.4 Å². The van der Waals surface area contributed by atoms with Crippen molar-refractivity contribution in [2.45, 2.75) is 17.6 Å². The van der Waals surface area contributed by atoms with Gasteiger partial charge >= 0.3 is 0 Å². The first-order chi connectivity index (χ1) is 11.8. The van der Waals surface area contributed by atoms with Crippen LogP contribution >= 0.6 is 24.0 Å². The molecule has 1 fully saturated rings. The summed E-state index contributed by atoms with van der Waals surface area (Å²) in [5.74, 6) is -0.0583. The summed E-state index contributed by atoms with van der Waals surface area (Å²) in [6.45, 7) is 1.74. The quantitative estimate of drug-likeness (QED) is 0.646. The van der Waals surface area contributed by atoms with Crippen LogP contribution in [0.2, 0.25) is 5.02 Å². The molecule has 10 heteroatoms. The van der Waals surface area contributed by atoms with Crippen molar-refractivity contribution in [1.29, 1.82) is 0 Å². The Kier molecular flexibility index (Phi) is 8.62. The predicted octanol–water partition coefficient (Wildman–Crippen LogP) is 1.89. The average Bonchev–Trinajstić information content (AvgIpc) is 2.56. The summed E-state index contributed by atoms with van der Waals surface area (Å²) in [6.07, 6.45) is 1.59. The first kappa shape index (κ1) is 23.0. The maximum absolute atomic E-state index is 12.7. The van der Waals surface area contributed by atoms with E-state index in [2.05, 4.69) is 10.6 Å². The zero-order valence-electron chi connectivity index (χ0n) is 14.7. The fourth-order valence-corrected chi connectivity index (χ4v) is 4.34. The Morgan fingerprint density at radius 2 is 1.96 bits per heavy atom. The molecule has 1 saturated heterocycles. The molecule has 1 aliphatic heterocycles. The summed E-state index contributed by atoms with van der Waals surface area (Å²) < 4.78 is 33.5. The van der Waals surface area contributed by atoms with E-state index in [0.717, 1.165) is 6.26 Å². The summed E-state index contributed by atoms with van der Waals surface area (Å²) >= 11 is 6.16. The second kappa shape index (κ2) is 9.75. The van der Waals surface area contributed by atoms with Crippen LogP contribution in [-0.4, -0.2) is 58.7 Å². The van der Waals surface area contributed by atoms with Crippen molar-refractivity contribution in [3.8, 4) is 5.75 Å². The van der Waals surface area contributed by atoms with Crippen LogP contribution in [0.15, 0.2) is 18.2 Å². The minimum atomic E-state index is -3.56. The van der Waals surface area contributed by atoms with Crippen LogP contribution in [0.4, 0.5) is 5.69 Å². The lowest BCUT2D eigenvalue weighted by Gasteiger charge is -2.34. The Labute approximate surface area is 165 Å². The van der Waals surface area contributed by atoms with E-state index in [0.29, 0.717) is 42.8 Å². The number of amides is 1. The van der Waals surface area contributed by atoms with E-state index in [4.69, 9.17) is 21.1 Å². The molecular weight excluding hydrogens is 403 g/mol. The molecule has 1 aromatic rings. The third-order valence-corrected chi connectivity index (χ3v) is 6.58. The highest BCUT2D eigenvalue weighted by atomic mass is 35.5. The van der Waals surface area contributed by atoms with Gasteiger partial charge in [0.25, 0.3) is 0 Å². The molecule has 2 N–H and O–H groups in total. The van der Waals surface area contributed by atoms with Crippen molar-refractivity contribution < 1.29 is 22.7 Å². The summed E-state index contributed by atoms with van der Waals surface area (Å²) in [4.78, 5) is 12.7. The van der Waals surface area contributed by atoms with Gasteiger partial charge in [0.15, 0.2) is 14.6 Å². The Hall–Kier alpha value is -1.06. The van der Waals surface area contributed by atoms with Gasteiger partial charge in [-0.25, -0.2) is 8.42 Å². The van der Waals surface area contributed by atoms with Crippen molar-refractivity contribution in [2.75, 3.05) is 45.0 Å². The van der Waals surface area contributed by atoms with Crippen LogP contribution in [0.25, 0.3) is 0 Å². The molecule has 0 aromatic heterocycles. The van der Waals surface area contributed by atoms with Crippen molar-refractivity contribution in [3.05, 3.63) is 23.2 Å². The first-order valence-electron chi connectivity index (χ1n) is 7.93. The number of nitrogens with one attached hydrogen (secondary N) is 2. The van der Waals surface area contributed by atoms with E-state index in [1.165, 1.54) is 0 Å². The third kappa shape index (κ3) is 5.23. The highest BCUT2D eigenvalue weighted by molar-refractivity contribution is 7.92. The molecule has 1 heterocycles. The highest BCUT2D eigenvalue weighted by Gasteiger charge is 2.48. The number of benzene rings is 1. The maximum Gasteiger partial charge on any atom is 0.245 e. The van der Waals surface area contributed by atoms with E-state index < -0.39 is 20.5 Å². The molecule has 1 aromatic carbocycles. The number of rotatable bonds is 7. The van der Waals surface area contributed by atoms with Gasteiger partial charge in [-0.15, -0.1) is 12.4 Å². The summed E-state index contributed by atoms with van der Waals surface area (Å²) in [6, 6.07) is 4.80. The Balaban J connectivity index is 0.00000338. The lowest BCUT2D eigenvalue weighted by molar-refractivity contribution is -0.119. The average molecular weight is 427 g/mol. The molecule has 0 unspecified atom stereocenters. The Bertz CT molecular complexity index is 721. The van der Waals surface area contributed by atoms with E-state index in [1.807, 2.05) is 0 Å².